The second-order valence-electron chi connectivity index (χ2n) is 3.89. The third-order valence-electron chi connectivity index (χ3n) is 2.69. The van der Waals surface area contributed by atoms with Gasteiger partial charge in [0, 0.05) is 12.6 Å². The molecule has 3 N–H and O–H groups in total. The SMILES string of the molecule is COc1ccc(NCc2cscc2C)c(N)c1. The highest BCUT2D eigenvalue weighted by Gasteiger charge is 2.03. The molecule has 2 aromatic rings. The van der Waals surface area contributed by atoms with Gasteiger partial charge in [0.25, 0.3) is 0 Å². The molecule has 0 fully saturated rings. The highest BCUT2D eigenvalue weighted by Crippen LogP contribution is 2.25. The number of nitrogen functional groups attached to an aromatic ring is 1. The molecule has 1 aromatic carbocycles. The number of anilines is 2. The number of nitrogens with two attached hydrogens (primary N) is 1. The van der Waals surface area contributed by atoms with E-state index >= 15 is 0 Å². The Bertz CT molecular complexity index is 508. The number of hydrogen-bond donors (Lipinski definition) is 2. The van der Waals surface area contributed by atoms with E-state index in [-0.39, 0.29) is 0 Å². The first-order valence-electron chi connectivity index (χ1n) is 5.39. The summed E-state index contributed by atoms with van der Waals surface area (Å²) in [4.78, 5) is 0. The molecule has 0 saturated carbocycles. The van der Waals surface area contributed by atoms with Gasteiger partial charge in [-0.2, -0.15) is 11.3 Å². The maximum absolute atomic E-state index is 5.93. The molecule has 3 nitrogen and oxygen atoms in total. The molecular weight excluding hydrogens is 232 g/mol. The van der Waals surface area contributed by atoms with E-state index in [4.69, 9.17) is 10.5 Å². The summed E-state index contributed by atoms with van der Waals surface area (Å²) in [7, 11) is 1.64. The summed E-state index contributed by atoms with van der Waals surface area (Å²) in [5.74, 6) is 0.778. The van der Waals surface area contributed by atoms with Gasteiger partial charge in [0.05, 0.1) is 18.5 Å². The van der Waals surface area contributed by atoms with Crippen LogP contribution >= 0.6 is 11.3 Å². The van der Waals surface area contributed by atoms with E-state index < -0.39 is 0 Å². The van der Waals surface area contributed by atoms with Gasteiger partial charge in [0.1, 0.15) is 5.75 Å². The quantitative estimate of drug-likeness (QED) is 0.816. The van der Waals surface area contributed by atoms with Crippen molar-refractivity contribution in [1.82, 2.24) is 0 Å². The van der Waals surface area contributed by atoms with Crippen molar-refractivity contribution < 1.29 is 4.74 Å². The van der Waals surface area contributed by atoms with Gasteiger partial charge in [0.15, 0.2) is 0 Å². The fourth-order valence-corrected chi connectivity index (χ4v) is 2.44. The molecule has 0 atom stereocenters. The van der Waals surface area contributed by atoms with Crippen LogP contribution in [0.25, 0.3) is 0 Å². The van der Waals surface area contributed by atoms with Crippen LogP contribution in [0.1, 0.15) is 11.1 Å². The normalized spacial score (nSPS) is 10.2. The van der Waals surface area contributed by atoms with Crippen LogP contribution < -0.4 is 15.8 Å². The lowest BCUT2D eigenvalue weighted by atomic mass is 10.2. The minimum atomic E-state index is 0.706. The van der Waals surface area contributed by atoms with E-state index in [2.05, 4.69) is 23.0 Å². The van der Waals surface area contributed by atoms with Gasteiger partial charge in [-0.25, -0.2) is 0 Å². The van der Waals surface area contributed by atoms with Crippen LogP contribution in [-0.2, 0) is 6.54 Å². The Morgan fingerprint density at radius 3 is 2.76 bits per heavy atom. The molecule has 0 amide bonds. The molecule has 17 heavy (non-hydrogen) atoms. The van der Waals surface area contributed by atoms with Gasteiger partial charge >= 0.3 is 0 Å². The van der Waals surface area contributed by atoms with Crippen LogP contribution in [0.4, 0.5) is 11.4 Å². The smallest absolute Gasteiger partial charge is 0.121 e. The van der Waals surface area contributed by atoms with Crippen molar-refractivity contribution in [3.63, 3.8) is 0 Å². The number of aryl methyl sites for hydroxylation is 1. The summed E-state index contributed by atoms with van der Waals surface area (Å²) in [5.41, 5.74) is 10.2. The Morgan fingerprint density at radius 1 is 1.35 bits per heavy atom. The second-order valence-corrected chi connectivity index (χ2v) is 4.63. The van der Waals surface area contributed by atoms with Crippen molar-refractivity contribution in [2.75, 3.05) is 18.2 Å². The fourth-order valence-electron chi connectivity index (χ4n) is 1.59. The van der Waals surface area contributed by atoms with E-state index in [1.54, 1.807) is 18.4 Å². The zero-order valence-corrected chi connectivity index (χ0v) is 10.8. The minimum Gasteiger partial charge on any atom is -0.497 e. The largest absolute Gasteiger partial charge is 0.497 e. The van der Waals surface area contributed by atoms with Crippen molar-refractivity contribution in [2.24, 2.45) is 0 Å². The summed E-state index contributed by atoms with van der Waals surface area (Å²) in [5, 5.41) is 7.64. The van der Waals surface area contributed by atoms with Crippen LogP contribution in [0.5, 0.6) is 5.75 Å². The molecule has 0 spiro atoms. The van der Waals surface area contributed by atoms with Gasteiger partial charge in [-0.15, -0.1) is 0 Å². The van der Waals surface area contributed by atoms with Crippen molar-refractivity contribution in [3.05, 3.63) is 40.1 Å². The van der Waals surface area contributed by atoms with Crippen LogP contribution in [-0.4, -0.2) is 7.11 Å². The Kier molecular flexibility index (Phi) is 3.54. The first-order chi connectivity index (χ1) is 8.20. The predicted octanol–water partition coefficient (Wildman–Crippen LogP) is 3.26. The summed E-state index contributed by atoms with van der Waals surface area (Å²) >= 11 is 1.72. The zero-order valence-electron chi connectivity index (χ0n) is 9.99. The molecule has 1 aromatic heterocycles. The number of hydrogen-bond acceptors (Lipinski definition) is 4. The zero-order chi connectivity index (χ0) is 12.3. The molecular formula is C13H16N2OS. The first kappa shape index (κ1) is 11.8. The predicted molar refractivity (Wildman–Crippen MR) is 73.8 cm³/mol. The molecule has 0 aliphatic heterocycles. The standard InChI is InChI=1S/C13H16N2OS/c1-9-7-17-8-10(9)6-15-13-4-3-11(16-2)5-12(13)14/h3-5,7-8,15H,6,14H2,1-2H3. The lowest BCUT2D eigenvalue weighted by Gasteiger charge is -2.10. The molecule has 0 aliphatic rings. The highest BCUT2D eigenvalue weighted by molar-refractivity contribution is 7.08. The number of benzene rings is 1. The van der Waals surface area contributed by atoms with E-state index in [1.807, 2.05) is 18.2 Å². The van der Waals surface area contributed by atoms with Gasteiger partial charge in [-0.1, -0.05) is 0 Å². The molecule has 0 saturated heterocycles. The number of ether oxygens (including phenoxy) is 1. The summed E-state index contributed by atoms with van der Waals surface area (Å²) < 4.78 is 5.11. The Morgan fingerprint density at radius 2 is 2.18 bits per heavy atom. The molecule has 90 valence electrons. The summed E-state index contributed by atoms with van der Waals surface area (Å²) in [6.45, 7) is 2.91. The number of nitrogens with one attached hydrogen (secondary N) is 1. The van der Waals surface area contributed by atoms with Crippen LogP contribution in [0.2, 0.25) is 0 Å². The number of thiophene rings is 1. The fraction of sp³-hybridized carbons (Fsp3) is 0.231. The third-order valence-corrected chi connectivity index (χ3v) is 3.60. The minimum absolute atomic E-state index is 0.706. The van der Waals surface area contributed by atoms with Crippen molar-refractivity contribution in [1.29, 1.82) is 0 Å². The first-order valence-corrected chi connectivity index (χ1v) is 6.34. The Hall–Kier alpha value is -1.68. The monoisotopic (exact) mass is 248 g/mol. The maximum Gasteiger partial charge on any atom is 0.121 e. The van der Waals surface area contributed by atoms with E-state index in [1.165, 1.54) is 11.1 Å². The Balaban J connectivity index is 2.07. The summed E-state index contributed by atoms with van der Waals surface area (Å²) in [6, 6.07) is 5.66. The molecule has 0 bridgehead atoms. The molecule has 0 radical (unpaired) electrons. The van der Waals surface area contributed by atoms with Crippen LogP contribution in [0.3, 0.4) is 0 Å². The Labute approximate surface area is 105 Å². The van der Waals surface area contributed by atoms with Crippen molar-refractivity contribution >= 4 is 22.7 Å². The molecule has 4 heteroatoms. The van der Waals surface area contributed by atoms with Gasteiger partial charge < -0.3 is 15.8 Å². The molecule has 2 rings (SSSR count). The van der Waals surface area contributed by atoms with Gasteiger partial charge in [-0.3, -0.25) is 0 Å². The van der Waals surface area contributed by atoms with Crippen LogP contribution in [0.15, 0.2) is 29.0 Å². The van der Waals surface area contributed by atoms with Crippen molar-refractivity contribution in [3.8, 4) is 5.75 Å². The number of rotatable bonds is 4. The average Bonchev–Trinajstić information content (AvgIpc) is 2.73. The van der Waals surface area contributed by atoms with Crippen LogP contribution in [0, 0.1) is 6.92 Å². The van der Waals surface area contributed by atoms with Gasteiger partial charge in [0.2, 0.25) is 0 Å². The topological polar surface area (TPSA) is 47.3 Å². The summed E-state index contributed by atoms with van der Waals surface area (Å²) in [6.07, 6.45) is 0. The maximum atomic E-state index is 5.93. The third kappa shape index (κ3) is 2.71. The van der Waals surface area contributed by atoms with E-state index in [0.717, 1.165) is 18.0 Å². The van der Waals surface area contributed by atoms with Gasteiger partial charge in [-0.05, 0) is 40.9 Å². The average molecular weight is 248 g/mol. The second kappa shape index (κ2) is 5.10. The number of methoxy groups -OCH3 is 1. The lowest BCUT2D eigenvalue weighted by Crippen LogP contribution is -2.02. The highest BCUT2D eigenvalue weighted by atomic mass is 32.1. The molecule has 0 aliphatic carbocycles. The molecule has 1 heterocycles. The van der Waals surface area contributed by atoms with E-state index in [9.17, 15) is 0 Å². The lowest BCUT2D eigenvalue weighted by molar-refractivity contribution is 0.415. The van der Waals surface area contributed by atoms with Crippen molar-refractivity contribution in [2.45, 2.75) is 13.5 Å². The van der Waals surface area contributed by atoms with E-state index in [0.29, 0.717) is 5.69 Å². The molecule has 0 unspecified atom stereocenters.